The summed E-state index contributed by atoms with van der Waals surface area (Å²) in [6.07, 6.45) is 2.65. The van der Waals surface area contributed by atoms with E-state index in [-0.39, 0.29) is 5.75 Å². The first kappa shape index (κ1) is 12.7. The van der Waals surface area contributed by atoms with Crippen LogP contribution in [0, 0.1) is 5.92 Å². The van der Waals surface area contributed by atoms with Gasteiger partial charge < -0.3 is 15.2 Å². The second-order valence-corrected chi connectivity index (χ2v) is 4.85. The first-order chi connectivity index (χ1) is 8.27. The maximum Gasteiger partial charge on any atom is 0.138 e. The molecule has 1 aromatic carbocycles. The Kier molecular flexibility index (Phi) is 4.66. The summed E-state index contributed by atoms with van der Waals surface area (Å²) < 4.78 is 5.50. The highest BCUT2D eigenvalue weighted by atomic mass is 35.5. The number of phenols is 1. The zero-order valence-corrected chi connectivity index (χ0v) is 10.5. The maximum absolute atomic E-state index is 9.68. The summed E-state index contributed by atoms with van der Waals surface area (Å²) in [4.78, 5) is 0. The molecule has 0 aromatic heterocycles. The van der Waals surface area contributed by atoms with E-state index in [1.807, 2.05) is 12.1 Å². The summed E-state index contributed by atoms with van der Waals surface area (Å²) in [5.74, 6) is 0.979. The molecule has 1 saturated carbocycles. The first-order valence-corrected chi connectivity index (χ1v) is 6.40. The van der Waals surface area contributed by atoms with Crippen LogP contribution in [0.1, 0.15) is 18.4 Å². The molecule has 0 unspecified atom stereocenters. The molecule has 4 heteroatoms. The Hall–Kier alpha value is -0.770. The lowest BCUT2D eigenvalue weighted by Crippen LogP contribution is -2.19. The SMILES string of the molecule is Oc1c(Cl)cccc1CNCCOCC1CC1. The van der Waals surface area contributed by atoms with Gasteiger partial charge >= 0.3 is 0 Å². The third-order valence-corrected chi connectivity index (χ3v) is 3.16. The minimum absolute atomic E-state index is 0.167. The van der Waals surface area contributed by atoms with Crippen LogP contribution in [0.15, 0.2) is 18.2 Å². The molecule has 3 nitrogen and oxygen atoms in total. The van der Waals surface area contributed by atoms with Crippen molar-refractivity contribution in [1.29, 1.82) is 0 Å². The van der Waals surface area contributed by atoms with Gasteiger partial charge in [0.05, 0.1) is 11.6 Å². The molecular weight excluding hydrogens is 238 g/mol. The van der Waals surface area contributed by atoms with Crippen LogP contribution >= 0.6 is 11.6 Å². The van der Waals surface area contributed by atoms with E-state index in [1.165, 1.54) is 12.8 Å². The summed E-state index contributed by atoms with van der Waals surface area (Å²) >= 11 is 5.82. The Morgan fingerprint density at radius 2 is 2.24 bits per heavy atom. The van der Waals surface area contributed by atoms with Crippen LogP contribution in [0.25, 0.3) is 0 Å². The lowest BCUT2D eigenvalue weighted by atomic mass is 10.2. The van der Waals surface area contributed by atoms with Crippen molar-refractivity contribution in [2.24, 2.45) is 5.92 Å². The molecule has 0 atom stereocenters. The largest absolute Gasteiger partial charge is 0.506 e. The summed E-state index contributed by atoms with van der Waals surface area (Å²) in [5.41, 5.74) is 0.819. The number of ether oxygens (including phenoxy) is 1. The molecule has 2 rings (SSSR count). The lowest BCUT2D eigenvalue weighted by molar-refractivity contribution is 0.126. The van der Waals surface area contributed by atoms with Gasteiger partial charge in [0.1, 0.15) is 5.75 Å². The molecule has 1 aliphatic carbocycles. The van der Waals surface area contributed by atoms with Crippen molar-refractivity contribution in [2.75, 3.05) is 19.8 Å². The van der Waals surface area contributed by atoms with Crippen molar-refractivity contribution in [1.82, 2.24) is 5.32 Å². The van der Waals surface area contributed by atoms with Crippen molar-refractivity contribution < 1.29 is 9.84 Å². The molecular formula is C13H18ClNO2. The van der Waals surface area contributed by atoms with Gasteiger partial charge in [-0.15, -0.1) is 0 Å². The predicted octanol–water partition coefficient (Wildman–Crippen LogP) is 2.56. The highest BCUT2D eigenvalue weighted by molar-refractivity contribution is 6.32. The molecule has 17 heavy (non-hydrogen) atoms. The molecule has 94 valence electrons. The van der Waals surface area contributed by atoms with Crippen LogP contribution in [0.5, 0.6) is 5.75 Å². The second kappa shape index (κ2) is 6.24. The molecule has 1 aliphatic rings. The Balaban J connectivity index is 1.61. The monoisotopic (exact) mass is 255 g/mol. The molecule has 0 heterocycles. The Morgan fingerprint density at radius 1 is 1.41 bits per heavy atom. The predicted molar refractivity (Wildman–Crippen MR) is 68.4 cm³/mol. The third kappa shape index (κ3) is 4.19. The van der Waals surface area contributed by atoms with Gasteiger partial charge in [-0.25, -0.2) is 0 Å². The smallest absolute Gasteiger partial charge is 0.138 e. The number of halogens is 1. The van der Waals surface area contributed by atoms with Gasteiger partial charge in [0.2, 0.25) is 0 Å². The van der Waals surface area contributed by atoms with E-state index >= 15 is 0 Å². The normalized spacial score (nSPS) is 15.1. The van der Waals surface area contributed by atoms with E-state index in [0.29, 0.717) is 11.6 Å². The molecule has 0 spiro atoms. The van der Waals surface area contributed by atoms with Gasteiger partial charge in [0.25, 0.3) is 0 Å². The Bertz CT molecular complexity index is 366. The Morgan fingerprint density at radius 3 is 3.00 bits per heavy atom. The van der Waals surface area contributed by atoms with Crippen molar-refractivity contribution in [3.63, 3.8) is 0 Å². The van der Waals surface area contributed by atoms with Crippen LogP contribution in [0.4, 0.5) is 0 Å². The molecule has 1 fully saturated rings. The number of aromatic hydroxyl groups is 1. The van der Waals surface area contributed by atoms with Crippen LogP contribution in [-0.4, -0.2) is 24.9 Å². The second-order valence-electron chi connectivity index (χ2n) is 4.44. The molecule has 1 aromatic rings. The van der Waals surface area contributed by atoms with E-state index in [2.05, 4.69) is 5.32 Å². The minimum Gasteiger partial charge on any atom is -0.506 e. The number of benzene rings is 1. The van der Waals surface area contributed by atoms with E-state index < -0.39 is 0 Å². The third-order valence-electron chi connectivity index (χ3n) is 2.86. The number of phenolic OH excluding ortho intramolecular Hbond substituents is 1. The average Bonchev–Trinajstić information content (AvgIpc) is 3.12. The van der Waals surface area contributed by atoms with E-state index in [0.717, 1.165) is 31.2 Å². The highest BCUT2D eigenvalue weighted by Crippen LogP contribution is 2.28. The number of hydrogen-bond acceptors (Lipinski definition) is 3. The fourth-order valence-corrected chi connectivity index (χ4v) is 1.80. The summed E-state index contributed by atoms with van der Waals surface area (Å²) in [7, 11) is 0. The van der Waals surface area contributed by atoms with Gasteiger partial charge in [0.15, 0.2) is 0 Å². The molecule has 0 amide bonds. The summed E-state index contributed by atoms with van der Waals surface area (Å²) in [5, 5.41) is 13.3. The Labute approximate surface area is 107 Å². The van der Waals surface area contributed by atoms with Crippen LogP contribution in [0.2, 0.25) is 5.02 Å². The molecule has 0 aliphatic heterocycles. The minimum atomic E-state index is 0.167. The number of rotatable bonds is 7. The van der Waals surface area contributed by atoms with Crippen molar-refractivity contribution >= 4 is 11.6 Å². The maximum atomic E-state index is 9.68. The molecule has 0 bridgehead atoms. The van der Waals surface area contributed by atoms with Crippen molar-refractivity contribution in [3.05, 3.63) is 28.8 Å². The topological polar surface area (TPSA) is 41.5 Å². The van der Waals surface area contributed by atoms with Crippen molar-refractivity contribution in [2.45, 2.75) is 19.4 Å². The van der Waals surface area contributed by atoms with Crippen LogP contribution < -0.4 is 5.32 Å². The zero-order valence-electron chi connectivity index (χ0n) is 9.79. The lowest BCUT2D eigenvalue weighted by Gasteiger charge is -2.08. The fourth-order valence-electron chi connectivity index (χ4n) is 1.60. The van der Waals surface area contributed by atoms with E-state index in [1.54, 1.807) is 6.07 Å². The molecule has 0 saturated heterocycles. The van der Waals surface area contributed by atoms with Gasteiger partial charge in [0, 0.05) is 25.3 Å². The highest BCUT2D eigenvalue weighted by Gasteiger charge is 2.20. The fraction of sp³-hybridized carbons (Fsp3) is 0.538. The van der Waals surface area contributed by atoms with Gasteiger partial charge in [-0.2, -0.15) is 0 Å². The molecule has 0 radical (unpaired) electrons. The number of para-hydroxylation sites is 1. The van der Waals surface area contributed by atoms with Gasteiger partial charge in [-0.05, 0) is 24.8 Å². The number of nitrogens with one attached hydrogen (secondary N) is 1. The van der Waals surface area contributed by atoms with E-state index in [4.69, 9.17) is 16.3 Å². The van der Waals surface area contributed by atoms with E-state index in [9.17, 15) is 5.11 Å². The zero-order chi connectivity index (χ0) is 12.1. The van der Waals surface area contributed by atoms with Gasteiger partial charge in [-0.1, -0.05) is 23.7 Å². The van der Waals surface area contributed by atoms with Crippen LogP contribution in [-0.2, 0) is 11.3 Å². The first-order valence-electron chi connectivity index (χ1n) is 6.02. The summed E-state index contributed by atoms with van der Waals surface area (Å²) in [6, 6.07) is 5.38. The number of hydrogen-bond donors (Lipinski definition) is 2. The summed E-state index contributed by atoms with van der Waals surface area (Å²) in [6.45, 7) is 3.01. The van der Waals surface area contributed by atoms with Crippen molar-refractivity contribution in [3.8, 4) is 5.75 Å². The standard InChI is InChI=1S/C13H18ClNO2/c14-12-3-1-2-11(13(12)16)8-15-6-7-17-9-10-4-5-10/h1-3,10,15-16H,4-9H2. The van der Waals surface area contributed by atoms with Crippen LogP contribution in [0.3, 0.4) is 0 Å². The quantitative estimate of drug-likeness (QED) is 0.736. The van der Waals surface area contributed by atoms with Gasteiger partial charge in [-0.3, -0.25) is 0 Å². The average molecular weight is 256 g/mol. The molecule has 2 N–H and O–H groups in total.